The lowest BCUT2D eigenvalue weighted by molar-refractivity contribution is -0.384. The first kappa shape index (κ1) is 18.3. The third kappa shape index (κ3) is 4.71. The zero-order chi connectivity index (χ0) is 18.4. The molecule has 0 spiro atoms. The van der Waals surface area contributed by atoms with Crippen molar-refractivity contribution >= 4 is 35.0 Å². The molecule has 2 rings (SSSR count). The highest BCUT2D eigenvalue weighted by Crippen LogP contribution is 2.35. The monoisotopic (exact) mass is 362 g/mol. The number of rotatable bonds is 6. The van der Waals surface area contributed by atoms with E-state index in [0.717, 1.165) is 0 Å². The minimum atomic E-state index is -0.498. The van der Waals surface area contributed by atoms with Crippen LogP contribution < -0.4 is 14.8 Å². The van der Waals surface area contributed by atoms with Gasteiger partial charge in [-0.15, -0.1) is 0 Å². The number of carbonyl (C=O) groups is 1. The number of anilines is 1. The summed E-state index contributed by atoms with van der Waals surface area (Å²) in [4.78, 5) is 22.4. The number of nitro groups is 1. The molecular weight excluding hydrogens is 348 g/mol. The molecule has 0 aliphatic heterocycles. The van der Waals surface area contributed by atoms with Gasteiger partial charge in [0.1, 0.15) is 11.5 Å². The molecule has 0 aliphatic carbocycles. The number of nitrogens with one attached hydrogen (secondary N) is 1. The predicted octanol–water partition coefficient (Wildman–Crippen LogP) is 3.92. The van der Waals surface area contributed by atoms with Crippen LogP contribution in [0.3, 0.4) is 0 Å². The summed E-state index contributed by atoms with van der Waals surface area (Å²) in [7, 11) is 2.91. The summed E-state index contributed by atoms with van der Waals surface area (Å²) in [5.74, 6) is 0.331. The van der Waals surface area contributed by atoms with Crippen molar-refractivity contribution in [3.05, 3.63) is 63.2 Å². The minimum absolute atomic E-state index is 0.0494. The van der Waals surface area contributed by atoms with Crippen LogP contribution in [0.4, 0.5) is 11.4 Å². The zero-order valence-electron chi connectivity index (χ0n) is 13.5. The molecule has 7 nitrogen and oxygen atoms in total. The minimum Gasteiger partial charge on any atom is -0.495 e. The van der Waals surface area contributed by atoms with Crippen LogP contribution in [0.5, 0.6) is 11.5 Å². The normalized spacial score (nSPS) is 10.5. The van der Waals surface area contributed by atoms with Crippen molar-refractivity contribution in [1.82, 2.24) is 0 Å². The lowest BCUT2D eigenvalue weighted by Gasteiger charge is -2.12. The molecule has 0 aliphatic rings. The fourth-order valence-electron chi connectivity index (χ4n) is 2.05. The van der Waals surface area contributed by atoms with E-state index in [1.165, 1.54) is 44.6 Å². The third-order valence-electron chi connectivity index (χ3n) is 3.24. The molecule has 8 heteroatoms. The molecule has 0 unspecified atom stereocenters. The maximum atomic E-state index is 12.1. The van der Waals surface area contributed by atoms with Gasteiger partial charge in [-0.05, 0) is 11.6 Å². The average molecular weight is 363 g/mol. The van der Waals surface area contributed by atoms with Crippen molar-refractivity contribution in [2.75, 3.05) is 19.5 Å². The lowest BCUT2D eigenvalue weighted by Crippen LogP contribution is -2.09. The largest absolute Gasteiger partial charge is 0.495 e. The van der Waals surface area contributed by atoms with Crippen LogP contribution in [0, 0.1) is 10.1 Å². The number of hydrogen-bond acceptors (Lipinski definition) is 5. The van der Waals surface area contributed by atoms with Crippen LogP contribution in [0.1, 0.15) is 5.56 Å². The fraction of sp³-hybridized carbons (Fsp3) is 0.118. The SMILES string of the molecule is COc1cc(NC(=O)C=Cc2cccc([N+](=O)[O-])c2)c(OC)cc1Cl. The van der Waals surface area contributed by atoms with E-state index in [4.69, 9.17) is 21.1 Å². The van der Waals surface area contributed by atoms with Gasteiger partial charge in [-0.1, -0.05) is 23.7 Å². The summed E-state index contributed by atoms with van der Waals surface area (Å²) < 4.78 is 10.3. The first-order valence-electron chi connectivity index (χ1n) is 7.09. The van der Waals surface area contributed by atoms with Crippen LogP contribution in [0.2, 0.25) is 5.02 Å². The topological polar surface area (TPSA) is 90.7 Å². The van der Waals surface area contributed by atoms with Gasteiger partial charge in [0.05, 0.1) is 29.9 Å². The van der Waals surface area contributed by atoms with Gasteiger partial charge < -0.3 is 14.8 Å². The molecule has 0 heterocycles. The summed E-state index contributed by atoms with van der Waals surface area (Å²) in [5, 5.41) is 13.8. The highest BCUT2D eigenvalue weighted by molar-refractivity contribution is 6.32. The molecule has 130 valence electrons. The zero-order valence-corrected chi connectivity index (χ0v) is 14.2. The van der Waals surface area contributed by atoms with Gasteiger partial charge in [0.15, 0.2) is 0 Å². The van der Waals surface area contributed by atoms with Gasteiger partial charge in [0.25, 0.3) is 5.69 Å². The second-order valence-electron chi connectivity index (χ2n) is 4.86. The van der Waals surface area contributed by atoms with Gasteiger partial charge >= 0.3 is 0 Å². The molecular formula is C17H15ClN2O5. The molecule has 25 heavy (non-hydrogen) atoms. The number of benzene rings is 2. The highest BCUT2D eigenvalue weighted by Gasteiger charge is 2.11. The Labute approximate surface area is 149 Å². The molecule has 0 saturated heterocycles. The van der Waals surface area contributed by atoms with Gasteiger partial charge in [-0.2, -0.15) is 0 Å². The van der Waals surface area contributed by atoms with E-state index < -0.39 is 10.8 Å². The van der Waals surface area contributed by atoms with E-state index in [-0.39, 0.29) is 5.69 Å². The van der Waals surface area contributed by atoms with E-state index >= 15 is 0 Å². The van der Waals surface area contributed by atoms with Crippen molar-refractivity contribution in [2.24, 2.45) is 0 Å². The number of non-ortho nitro benzene ring substituents is 1. The van der Waals surface area contributed by atoms with Crippen molar-refractivity contribution in [3.63, 3.8) is 0 Å². The Morgan fingerprint density at radius 1 is 1.20 bits per heavy atom. The molecule has 1 amide bonds. The number of carbonyl (C=O) groups excluding carboxylic acids is 1. The Hall–Kier alpha value is -3.06. The number of hydrogen-bond donors (Lipinski definition) is 1. The summed E-state index contributed by atoms with van der Waals surface area (Å²) >= 11 is 6.01. The number of ether oxygens (including phenoxy) is 2. The molecule has 0 atom stereocenters. The summed E-state index contributed by atoms with van der Waals surface area (Å²) in [6.07, 6.45) is 2.74. The third-order valence-corrected chi connectivity index (χ3v) is 3.54. The summed E-state index contributed by atoms with van der Waals surface area (Å²) in [6, 6.07) is 9.02. The lowest BCUT2D eigenvalue weighted by atomic mass is 10.2. The molecule has 2 aromatic carbocycles. The molecule has 0 radical (unpaired) electrons. The second kappa shape index (κ2) is 8.16. The Balaban J connectivity index is 2.17. The summed E-state index contributed by atoms with van der Waals surface area (Å²) in [5.41, 5.74) is 0.870. The molecule has 0 aromatic heterocycles. The molecule has 2 aromatic rings. The Morgan fingerprint density at radius 3 is 2.56 bits per heavy atom. The predicted molar refractivity (Wildman–Crippen MR) is 95.3 cm³/mol. The summed E-state index contributed by atoms with van der Waals surface area (Å²) in [6.45, 7) is 0. The smallest absolute Gasteiger partial charge is 0.270 e. The Bertz CT molecular complexity index is 836. The maximum absolute atomic E-state index is 12.1. The van der Waals surface area contributed by atoms with Crippen molar-refractivity contribution < 1.29 is 19.2 Å². The number of nitro benzene ring substituents is 1. The van der Waals surface area contributed by atoms with E-state index in [1.807, 2.05) is 0 Å². The van der Waals surface area contributed by atoms with Crippen LogP contribution in [0.25, 0.3) is 6.08 Å². The quantitative estimate of drug-likeness (QED) is 0.478. The van der Waals surface area contributed by atoms with Crippen molar-refractivity contribution in [2.45, 2.75) is 0 Å². The number of amides is 1. The highest BCUT2D eigenvalue weighted by atomic mass is 35.5. The van der Waals surface area contributed by atoms with E-state index in [9.17, 15) is 14.9 Å². The Morgan fingerprint density at radius 2 is 1.92 bits per heavy atom. The van der Waals surface area contributed by atoms with Crippen LogP contribution in [-0.4, -0.2) is 25.1 Å². The van der Waals surface area contributed by atoms with Crippen LogP contribution in [-0.2, 0) is 4.79 Å². The van der Waals surface area contributed by atoms with E-state index in [2.05, 4.69) is 5.32 Å². The molecule has 0 bridgehead atoms. The molecule has 1 N–H and O–H groups in total. The number of nitrogens with zero attached hydrogens (tertiary/aromatic N) is 1. The van der Waals surface area contributed by atoms with E-state index in [0.29, 0.717) is 27.8 Å². The Kier molecular flexibility index (Phi) is 5.97. The van der Waals surface area contributed by atoms with Crippen LogP contribution >= 0.6 is 11.6 Å². The fourth-order valence-corrected chi connectivity index (χ4v) is 2.28. The first-order chi connectivity index (χ1) is 11.9. The second-order valence-corrected chi connectivity index (χ2v) is 5.27. The first-order valence-corrected chi connectivity index (χ1v) is 7.47. The van der Waals surface area contributed by atoms with Crippen LogP contribution in [0.15, 0.2) is 42.5 Å². The van der Waals surface area contributed by atoms with Crippen molar-refractivity contribution in [3.8, 4) is 11.5 Å². The molecule has 0 saturated carbocycles. The maximum Gasteiger partial charge on any atom is 0.270 e. The number of halogens is 1. The number of methoxy groups -OCH3 is 2. The molecule has 0 fully saturated rings. The van der Waals surface area contributed by atoms with Crippen molar-refractivity contribution in [1.29, 1.82) is 0 Å². The van der Waals surface area contributed by atoms with Gasteiger partial charge in [0, 0.05) is 30.3 Å². The standard InChI is InChI=1S/C17H15ClN2O5/c1-24-15-10-14(16(25-2)9-13(15)18)19-17(21)7-6-11-4-3-5-12(8-11)20(22)23/h3-10H,1-2H3,(H,19,21). The van der Waals surface area contributed by atoms with Gasteiger partial charge in [-0.3, -0.25) is 14.9 Å². The van der Waals surface area contributed by atoms with Gasteiger partial charge in [0.2, 0.25) is 5.91 Å². The van der Waals surface area contributed by atoms with Gasteiger partial charge in [-0.25, -0.2) is 0 Å². The average Bonchev–Trinajstić information content (AvgIpc) is 2.61. The van der Waals surface area contributed by atoms with E-state index in [1.54, 1.807) is 18.2 Å².